The van der Waals surface area contributed by atoms with Crippen LogP contribution in [0.15, 0.2) is 42.5 Å². The van der Waals surface area contributed by atoms with Crippen molar-refractivity contribution in [2.24, 2.45) is 5.92 Å². The van der Waals surface area contributed by atoms with Crippen molar-refractivity contribution < 1.29 is 14.3 Å². The van der Waals surface area contributed by atoms with Crippen LogP contribution in [0.5, 0.6) is 5.75 Å². The molecule has 31 heavy (non-hydrogen) atoms. The highest BCUT2D eigenvalue weighted by atomic mass is 35.5. The van der Waals surface area contributed by atoms with Crippen LogP contribution < -0.4 is 10.1 Å². The first-order valence-electron chi connectivity index (χ1n) is 10.4. The van der Waals surface area contributed by atoms with Crippen molar-refractivity contribution in [2.75, 3.05) is 13.7 Å². The van der Waals surface area contributed by atoms with E-state index < -0.39 is 6.04 Å². The number of hydrogen-bond donors (Lipinski definition) is 1. The molecular formula is C24H30Cl2N2O3. The van der Waals surface area contributed by atoms with Gasteiger partial charge in [0.25, 0.3) is 0 Å². The molecule has 2 amide bonds. The molecule has 0 aromatic heterocycles. The highest BCUT2D eigenvalue weighted by molar-refractivity contribution is 6.42. The number of benzene rings is 2. The number of methoxy groups -OCH3 is 1. The number of amides is 2. The molecule has 1 N–H and O–H groups in total. The molecule has 2 rings (SSSR count). The van der Waals surface area contributed by atoms with E-state index in [-0.39, 0.29) is 18.2 Å². The van der Waals surface area contributed by atoms with Crippen LogP contribution in [0.25, 0.3) is 0 Å². The van der Waals surface area contributed by atoms with Crippen molar-refractivity contribution in [3.63, 3.8) is 0 Å². The zero-order valence-corrected chi connectivity index (χ0v) is 20.0. The van der Waals surface area contributed by atoms with E-state index in [2.05, 4.69) is 5.32 Å². The Kier molecular flexibility index (Phi) is 9.66. The van der Waals surface area contributed by atoms with Crippen molar-refractivity contribution in [3.05, 3.63) is 63.6 Å². The van der Waals surface area contributed by atoms with E-state index >= 15 is 0 Å². The first-order chi connectivity index (χ1) is 14.7. The predicted molar refractivity (Wildman–Crippen MR) is 126 cm³/mol. The fraction of sp³-hybridized carbons (Fsp3) is 0.417. The third-order valence-corrected chi connectivity index (χ3v) is 5.64. The number of nitrogens with zero attached hydrogens (tertiary/aromatic N) is 1. The van der Waals surface area contributed by atoms with Gasteiger partial charge < -0.3 is 15.0 Å². The average molecular weight is 465 g/mol. The molecule has 0 aliphatic heterocycles. The molecule has 0 unspecified atom stereocenters. The molecule has 0 aliphatic rings. The van der Waals surface area contributed by atoms with Crippen molar-refractivity contribution >= 4 is 35.0 Å². The van der Waals surface area contributed by atoms with Gasteiger partial charge in [-0.2, -0.15) is 0 Å². The van der Waals surface area contributed by atoms with Gasteiger partial charge in [0, 0.05) is 13.1 Å². The van der Waals surface area contributed by atoms with Crippen LogP contribution in [0.1, 0.15) is 38.3 Å². The van der Waals surface area contributed by atoms with Gasteiger partial charge in [0.05, 0.1) is 23.6 Å². The van der Waals surface area contributed by atoms with Gasteiger partial charge in [0.2, 0.25) is 11.8 Å². The van der Waals surface area contributed by atoms with Crippen LogP contribution in [-0.4, -0.2) is 36.4 Å². The molecule has 0 spiro atoms. The largest absolute Gasteiger partial charge is 0.497 e. The molecule has 2 aromatic carbocycles. The minimum Gasteiger partial charge on any atom is -0.497 e. The topological polar surface area (TPSA) is 58.6 Å². The van der Waals surface area contributed by atoms with Crippen LogP contribution in [0.4, 0.5) is 0 Å². The van der Waals surface area contributed by atoms with E-state index in [1.54, 1.807) is 30.2 Å². The van der Waals surface area contributed by atoms with E-state index in [1.807, 2.05) is 45.0 Å². The quantitative estimate of drug-likeness (QED) is 0.530. The average Bonchev–Trinajstić information content (AvgIpc) is 2.74. The summed E-state index contributed by atoms with van der Waals surface area (Å²) in [5.41, 5.74) is 1.63. The number of ether oxygens (including phenoxy) is 1. The van der Waals surface area contributed by atoms with Crippen LogP contribution in [0, 0.1) is 5.92 Å². The summed E-state index contributed by atoms with van der Waals surface area (Å²) in [6, 6.07) is 12.1. The number of nitrogens with one attached hydrogen (secondary N) is 1. The third kappa shape index (κ3) is 7.44. The summed E-state index contributed by atoms with van der Waals surface area (Å²) in [5, 5.41) is 3.79. The number of carbonyl (C=O) groups excluding carboxylic acids is 2. The Hall–Kier alpha value is -2.24. The van der Waals surface area contributed by atoms with E-state index in [9.17, 15) is 9.59 Å². The molecule has 0 saturated carbocycles. The highest BCUT2D eigenvalue weighted by Crippen LogP contribution is 2.24. The van der Waals surface area contributed by atoms with E-state index in [0.717, 1.165) is 11.1 Å². The van der Waals surface area contributed by atoms with Crippen molar-refractivity contribution in [1.82, 2.24) is 10.2 Å². The Balaban J connectivity index is 2.30. The highest BCUT2D eigenvalue weighted by Gasteiger charge is 2.28. The maximum absolute atomic E-state index is 13.3. The van der Waals surface area contributed by atoms with Crippen LogP contribution >= 0.6 is 23.2 Å². The Morgan fingerprint density at radius 3 is 2.42 bits per heavy atom. The lowest BCUT2D eigenvalue weighted by Crippen LogP contribution is -2.50. The lowest BCUT2D eigenvalue weighted by atomic mass is 10.1. The molecule has 0 fully saturated rings. The van der Waals surface area contributed by atoms with Crippen LogP contribution in [0.2, 0.25) is 10.0 Å². The molecule has 0 heterocycles. The summed E-state index contributed by atoms with van der Waals surface area (Å²) in [7, 11) is 1.60. The van der Waals surface area contributed by atoms with Gasteiger partial charge in [0.1, 0.15) is 11.8 Å². The second-order valence-electron chi connectivity index (χ2n) is 7.86. The summed E-state index contributed by atoms with van der Waals surface area (Å²) < 4.78 is 5.31. The molecule has 168 valence electrons. The predicted octanol–water partition coefficient (Wildman–Crippen LogP) is 5.12. The molecule has 1 atom stereocenters. The zero-order chi connectivity index (χ0) is 23.0. The Morgan fingerprint density at radius 1 is 1.06 bits per heavy atom. The summed E-state index contributed by atoms with van der Waals surface area (Å²) in [5.74, 6) is 0.709. The van der Waals surface area contributed by atoms with Crippen LogP contribution in [-0.2, 0) is 22.6 Å². The molecule has 7 heteroatoms. The van der Waals surface area contributed by atoms with E-state index in [1.165, 1.54) is 0 Å². The zero-order valence-electron chi connectivity index (χ0n) is 18.5. The fourth-order valence-corrected chi connectivity index (χ4v) is 3.56. The number of carbonyl (C=O) groups is 2. The van der Waals surface area contributed by atoms with Crippen molar-refractivity contribution in [3.8, 4) is 5.75 Å². The minimum atomic E-state index is -0.583. The standard InChI is InChI=1S/C24H30Cl2N2O3/c1-5-22(24(30)27-14-16(2)3)28(15-18-7-6-8-19(11-18)31-4)23(29)13-17-9-10-20(25)21(26)12-17/h6-12,16,22H,5,13-15H2,1-4H3,(H,27,30)/t22-/m0/s1. The molecule has 0 saturated heterocycles. The SMILES string of the molecule is CC[C@@H](C(=O)NCC(C)C)N(Cc1cccc(OC)c1)C(=O)Cc1ccc(Cl)c(Cl)c1. The Morgan fingerprint density at radius 2 is 1.81 bits per heavy atom. The fourth-order valence-electron chi connectivity index (χ4n) is 3.24. The van der Waals surface area contributed by atoms with Gasteiger partial charge in [-0.25, -0.2) is 0 Å². The molecular weight excluding hydrogens is 435 g/mol. The molecule has 0 aliphatic carbocycles. The minimum absolute atomic E-state index is 0.120. The maximum Gasteiger partial charge on any atom is 0.242 e. The first-order valence-corrected chi connectivity index (χ1v) is 11.1. The van der Waals surface area contributed by atoms with Gasteiger partial charge in [-0.1, -0.05) is 62.2 Å². The Bertz CT molecular complexity index is 902. The van der Waals surface area contributed by atoms with Crippen molar-refractivity contribution in [2.45, 2.75) is 46.2 Å². The summed E-state index contributed by atoms with van der Waals surface area (Å²) in [6.45, 7) is 6.83. The van der Waals surface area contributed by atoms with E-state index in [4.69, 9.17) is 27.9 Å². The van der Waals surface area contributed by atoms with Gasteiger partial charge in [-0.15, -0.1) is 0 Å². The molecule has 5 nitrogen and oxygen atoms in total. The molecule has 2 aromatic rings. The number of hydrogen-bond acceptors (Lipinski definition) is 3. The van der Waals surface area contributed by atoms with Crippen LogP contribution in [0.3, 0.4) is 0 Å². The summed E-state index contributed by atoms with van der Waals surface area (Å²) >= 11 is 12.1. The number of halogens is 2. The van der Waals surface area contributed by atoms with Gasteiger partial charge >= 0.3 is 0 Å². The van der Waals surface area contributed by atoms with Crippen molar-refractivity contribution in [1.29, 1.82) is 0 Å². The third-order valence-electron chi connectivity index (χ3n) is 4.90. The van der Waals surface area contributed by atoms with Gasteiger partial charge in [-0.3, -0.25) is 9.59 Å². The second-order valence-corrected chi connectivity index (χ2v) is 8.68. The summed E-state index contributed by atoms with van der Waals surface area (Å²) in [4.78, 5) is 27.9. The molecule has 0 bridgehead atoms. The van der Waals surface area contributed by atoms with Gasteiger partial charge in [0.15, 0.2) is 0 Å². The first kappa shape index (κ1) is 25.0. The van der Waals surface area contributed by atoms with E-state index in [0.29, 0.717) is 41.2 Å². The summed E-state index contributed by atoms with van der Waals surface area (Å²) in [6.07, 6.45) is 0.621. The monoisotopic (exact) mass is 464 g/mol. The normalized spacial score (nSPS) is 11.8. The second kappa shape index (κ2) is 12.0. The maximum atomic E-state index is 13.3. The lowest BCUT2D eigenvalue weighted by molar-refractivity contribution is -0.141. The smallest absolute Gasteiger partial charge is 0.242 e. The lowest BCUT2D eigenvalue weighted by Gasteiger charge is -2.31. The van der Waals surface area contributed by atoms with Gasteiger partial charge in [-0.05, 0) is 47.7 Å². The number of rotatable bonds is 10. The molecule has 0 radical (unpaired) electrons. The Labute approximate surface area is 194 Å².